The minimum absolute atomic E-state index is 0.543. The van der Waals surface area contributed by atoms with E-state index >= 15 is 0 Å². The monoisotopic (exact) mass is 216 g/mol. The van der Waals surface area contributed by atoms with Crippen molar-refractivity contribution in [1.29, 1.82) is 0 Å². The van der Waals surface area contributed by atoms with E-state index in [0.717, 1.165) is 11.2 Å². The Morgan fingerprint density at radius 1 is 1.55 bits per heavy atom. The molecule has 0 nitrogen and oxygen atoms in total. The Hall–Kier alpha value is 0.220. The maximum absolute atomic E-state index is 3.49. The second-order valence-corrected chi connectivity index (χ2v) is 5.03. The van der Waals surface area contributed by atoms with E-state index < -0.39 is 0 Å². The molecule has 0 aromatic heterocycles. The molecule has 0 amide bonds. The Bertz CT molecular complexity index is 147. The summed E-state index contributed by atoms with van der Waals surface area (Å²) in [5, 5.41) is 1.14. The van der Waals surface area contributed by atoms with Gasteiger partial charge in [0.25, 0.3) is 0 Å². The third-order valence-corrected chi connectivity index (χ3v) is 2.83. The fraction of sp³-hybridized carbons (Fsp3) is 0.800. The smallest absolute Gasteiger partial charge is 0.00369 e. The molecule has 1 atom stereocenters. The lowest BCUT2D eigenvalue weighted by molar-refractivity contribution is 0.277. The molecular weight excluding hydrogens is 200 g/mol. The maximum Gasteiger partial charge on any atom is 0.00369 e. The molecule has 1 aliphatic rings. The zero-order valence-corrected chi connectivity index (χ0v) is 9.02. The molecule has 1 unspecified atom stereocenters. The quantitative estimate of drug-likeness (QED) is 0.488. The molecule has 1 aliphatic carbocycles. The number of alkyl halides is 1. The summed E-state index contributed by atoms with van der Waals surface area (Å²) in [6.45, 7) is 4.72. The lowest BCUT2D eigenvalue weighted by Gasteiger charge is -2.30. The van der Waals surface area contributed by atoms with Gasteiger partial charge in [0.1, 0.15) is 0 Å². The number of hydrogen-bond acceptors (Lipinski definition) is 0. The SMILES string of the molecule is CC1(C)CC=CC(CCBr)C1. The Kier molecular flexibility index (Phi) is 3.17. The van der Waals surface area contributed by atoms with Crippen LogP contribution >= 0.6 is 15.9 Å². The molecule has 64 valence electrons. The van der Waals surface area contributed by atoms with E-state index in [4.69, 9.17) is 0 Å². The van der Waals surface area contributed by atoms with Gasteiger partial charge in [-0.15, -0.1) is 0 Å². The van der Waals surface area contributed by atoms with Gasteiger partial charge in [-0.1, -0.05) is 41.9 Å². The summed E-state index contributed by atoms with van der Waals surface area (Å²) in [5.41, 5.74) is 0.543. The van der Waals surface area contributed by atoms with Crippen molar-refractivity contribution in [2.24, 2.45) is 11.3 Å². The topological polar surface area (TPSA) is 0 Å². The summed E-state index contributed by atoms with van der Waals surface area (Å²) >= 11 is 3.49. The maximum atomic E-state index is 3.49. The van der Waals surface area contributed by atoms with Gasteiger partial charge in [-0.05, 0) is 30.6 Å². The van der Waals surface area contributed by atoms with Crippen LogP contribution < -0.4 is 0 Å². The summed E-state index contributed by atoms with van der Waals surface area (Å²) in [5.74, 6) is 0.818. The molecule has 11 heavy (non-hydrogen) atoms. The first kappa shape index (κ1) is 9.31. The molecule has 0 heterocycles. The van der Waals surface area contributed by atoms with Gasteiger partial charge in [0.15, 0.2) is 0 Å². The fourth-order valence-electron chi connectivity index (χ4n) is 1.78. The molecule has 1 heteroatoms. The van der Waals surface area contributed by atoms with Gasteiger partial charge >= 0.3 is 0 Å². The highest BCUT2D eigenvalue weighted by molar-refractivity contribution is 9.09. The summed E-state index contributed by atoms with van der Waals surface area (Å²) in [4.78, 5) is 0. The van der Waals surface area contributed by atoms with Crippen molar-refractivity contribution in [3.05, 3.63) is 12.2 Å². The van der Waals surface area contributed by atoms with E-state index in [1.54, 1.807) is 0 Å². The van der Waals surface area contributed by atoms with E-state index in [9.17, 15) is 0 Å². The van der Waals surface area contributed by atoms with E-state index in [-0.39, 0.29) is 0 Å². The third-order valence-electron chi connectivity index (χ3n) is 2.37. The second kappa shape index (κ2) is 3.75. The van der Waals surface area contributed by atoms with Gasteiger partial charge in [-0.2, -0.15) is 0 Å². The van der Waals surface area contributed by atoms with Crippen LogP contribution in [0, 0.1) is 11.3 Å². The van der Waals surface area contributed by atoms with Crippen molar-refractivity contribution in [2.45, 2.75) is 33.1 Å². The average Bonchev–Trinajstić information content (AvgIpc) is 1.85. The Morgan fingerprint density at radius 3 is 2.82 bits per heavy atom. The van der Waals surface area contributed by atoms with E-state index in [2.05, 4.69) is 41.9 Å². The van der Waals surface area contributed by atoms with Crippen LogP contribution in [0.25, 0.3) is 0 Å². The Morgan fingerprint density at radius 2 is 2.27 bits per heavy atom. The standard InChI is InChI=1S/C10H17Br/c1-10(2)6-3-4-9(8-10)5-7-11/h3-4,9H,5-8H2,1-2H3. The van der Waals surface area contributed by atoms with Gasteiger partial charge in [0.05, 0.1) is 0 Å². The first-order valence-electron chi connectivity index (χ1n) is 4.37. The first-order chi connectivity index (χ1) is 5.14. The minimum atomic E-state index is 0.543. The molecule has 0 N–H and O–H groups in total. The zero-order chi connectivity index (χ0) is 8.32. The lowest BCUT2D eigenvalue weighted by atomic mass is 9.75. The normalized spacial score (nSPS) is 28.8. The highest BCUT2D eigenvalue weighted by Crippen LogP contribution is 2.35. The third kappa shape index (κ3) is 2.98. The molecule has 0 fully saturated rings. The van der Waals surface area contributed by atoms with E-state index in [1.165, 1.54) is 19.3 Å². The van der Waals surface area contributed by atoms with Crippen LogP contribution in [0.3, 0.4) is 0 Å². The molecule has 0 saturated heterocycles. The van der Waals surface area contributed by atoms with E-state index in [1.807, 2.05) is 0 Å². The predicted molar refractivity (Wildman–Crippen MR) is 54.1 cm³/mol. The Balaban J connectivity index is 2.46. The second-order valence-electron chi connectivity index (χ2n) is 4.24. The Labute approximate surface area is 78.2 Å². The van der Waals surface area contributed by atoms with E-state index in [0.29, 0.717) is 5.41 Å². The number of halogens is 1. The lowest BCUT2D eigenvalue weighted by Crippen LogP contribution is -2.19. The largest absolute Gasteiger partial charge is 0.0928 e. The molecular formula is C10H17Br. The molecule has 0 spiro atoms. The van der Waals surface area contributed by atoms with Gasteiger partial charge in [-0.25, -0.2) is 0 Å². The molecule has 0 saturated carbocycles. The molecule has 0 aromatic carbocycles. The number of allylic oxidation sites excluding steroid dienone is 2. The van der Waals surface area contributed by atoms with Crippen molar-refractivity contribution in [3.63, 3.8) is 0 Å². The van der Waals surface area contributed by atoms with Gasteiger partial charge < -0.3 is 0 Å². The highest BCUT2D eigenvalue weighted by Gasteiger charge is 2.23. The van der Waals surface area contributed by atoms with Crippen LogP contribution in [0.5, 0.6) is 0 Å². The number of rotatable bonds is 2. The fourth-order valence-corrected chi connectivity index (χ4v) is 2.37. The summed E-state index contributed by atoms with van der Waals surface area (Å²) in [7, 11) is 0. The van der Waals surface area contributed by atoms with Gasteiger partial charge in [0.2, 0.25) is 0 Å². The van der Waals surface area contributed by atoms with Crippen LogP contribution in [0.4, 0.5) is 0 Å². The summed E-state index contributed by atoms with van der Waals surface area (Å²) in [6, 6.07) is 0. The zero-order valence-electron chi connectivity index (χ0n) is 7.44. The number of hydrogen-bond donors (Lipinski definition) is 0. The molecule has 0 radical (unpaired) electrons. The van der Waals surface area contributed by atoms with Crippen molar-refractivity contribution < 1.29 is 0 Å². The van der Waals surface area contributed by atoms with Crippen molar-refractivity contribution in [3.8, 4) is 0 Å². The van der Waals surface area contributed by atoms with Crippen molar-refractivity contribution in [1.82, 2.24) is 0 Å². The first-order valence-corrected chi connectivity index (χ1v) is 5.49. The van der Waals surface area contributed by atoms with Crippen LogP contribution in [0.15, 0.2) is 12.2 Å². The van der Waals surface area contributed by atoms with Crippen LogP contribution in [-0.2, 0) is 0 Å². The predicted octanol–water partition coefficient (Wildman–Crippen LogP) is 3.76. The van der Waals surface area contributed by atoms with Gasteiger partial charge in [0, 0.05) is 5.33 Å². The van der Waals surface area contributed by atoms with Crippen LogP contribution in [0.2, 0.25) is 0 Å². The highest BCUT2D eigenvalue weighted by atomic mass is 79.9. The van der Waals surface area contributed by atoms with Crippen LogP contribution in [-0.4, -0.2) is 5.33 Å². The average molecular weight is 217 g/mol. The molecule has 0 aromatic rings. The van der Waals surface area contributed by atoms with Gasteiger partial charge in [-0.3, -0.25) is 0 Å². The molecule has 0 aliphatic heterocycles. The summed E-state index contributed by atoms with van der Waals surface area (Å²) in [6.07, 6.45) is 8.63. The van der Waals surface area contributed by atoms with Crippen molar-refractivity contribution in [2.75, 3.05) is 5.33 Å². The molecule has 1 rings (SSSR count). The summed E-state index contributed by atoms with van der Waals surface area (Å²) < 4.78 is 0. The molecule has 0 bridgehead atoms. The van der Waals surface area contributed by atoms with Crippen molar-refractivity contribution >= 4 is 15.9 Å². The van der Waals surface area contributed by atoms with Crippen LogP contribution in [0.1, 0.15) is 33.1 Å². The minimum Gasteiger partial charge on any atom is -0.0928 e.